The topological polar surface area (TPSA) is 35.0 Å². The third kappa shape index (κ3) is 2.73. The van der Waals surface area contributed by atoms with Crippen molar-refractivity contribution >= 4 is 15.9 Å². The Bertz CT molecular complexity index is 366. The molecule has 3 nitrogen and oxygen atoms in total. The summed E-state index contributed by atoms with van der Waals surface area (Å²) < 4.78 is 5.47. The molecule has 1 aromatic rings. The standard InChI is InChI=1S/C12H17BrN2O/c1-3-16-12-8(2)11(14-7-15-12)6-10(13)9-4-5-9/h7,9-10H,3-6H2,1-2H3. The van der Waals surface area contributed by atoms with Gasteiger partial charge in [0.05, 0.1) is 12.3 Å². The van der Waals surface area contributed by atoms with Gasteiger partial charge in [-0.05, 0) is 32.6 Å². The van der Waals surface area contributed by atoms with Crippen molar-refractivity contribution in [2.75, 3.05) is 6.61 Å². The van der Waals surface area contributed by atoms with Gasteiger partial charge in [0.1, 0.15) is 6.33 Å². The Morgan fingerprint density at radius 2 is 2.25 bits per heavy atom. The first kappa shape index (κ1) is 11.8. The summed E-state index contributed by atoms with van der Waals surface area (Å²) >= 11 is 3.74. The maximum Gasteiger partial charge on any atom is 0.219 e. The second kappa shape index (κ2) is 5.13. The molecule has 0 aromatic carbocycles. The fourth-order valence-electron chi connectivity index (χ4n) is 1.77. The molecule has 0 saturated heterocycles. The van der Waals surface area contributed by atoms with Crippen LogP contribution in [0.1, 0.15) is 31.0 Å². The van der Waals surface area contributed by atoms with Crippen LogP contribution < -0.4 is 4.74 Å². The molecule has 1 aliphatic carbocycles. The number of nitrogens with zero attached hydrogens (tertiary/aromatic N) is 2. The zero-order valence-corrected chi connectivity index (χ0v) is 11.3. The summed E-state index contributed by atoms with van der Waals surface area (Å²) in [6, 6.07) is 0. The van der Waals surface area contributed by atoms with Crippen molar-refractivity contribution in [3.05, 3.63) is 17.6 Å². The molecular weight excluding hydrogens is 268 g/mol. The zero-order chi connectivity index (χ0) is 11.5. The lowest BCUT2D eigenvalue weighted by molar-refractivity contribution is 0.322. The predicted octanol–water partition coefficient (Wildman–Crippen LogP) is 2.90. The van der Waals surface area contributed by atoms with Gasteiger partial charge in [0.2, 0.25) is 5.88 Å². The molecule has 0 radical (unpaired) electrons. The number of hydrogen-bond donors (Lipinski definition) is 0. The number of ether oxygens (including phenoxy) is 1. The summed E-state index contributed by atoms with van der Waals surface area (Å²) in [5.74, 6) is 1.56. The minimum atomic E-state index is 0.551. The van der Waals surface area contributed by atoms with E-state index in [1.54, 1.807) is 6.33 Å². The Morgan fingerprint density at radius 1 is 1.50 bits per heavy atom. The van der Waals surface area contributed by atoms with Crippen molar-refractivity contribution in [2.24, 2.45) is 5.92 Å². The number of rotatable bonds is 5. The van der Waals surface area contributed by atoms with Gasteiger partial charge in [-0.3, -0.25) is 0 Å². The lowest BCUT2D eigenvalue weighted by Crippen LogP contribution is -2.10. The van der Waals surface area contributed by atoms with Gasteiger partial charge < -0.3 is 4.74 Å². The average Bonchev–Trinajstić information content (AvgIpc) is 3.07. The van der Waals surface area contributed by atoms with E-state index in [0.29, 0.717) is 11.4 Å². The van der Waals surface area contributed by atoms with E-state index in [1.807, 2.05) is 13.8 Å². The van der Waals surface area contributed by atoms with Gasteiger partial charge in [-0.2, -0.15) is 0 Å². The molecule has 0 spiro atoms. The van der Waals surface area contributed by atoms with Crippen LogP contribution in [0.2, 0.25) is 0 Å². The summed E-state index contributed by atoms with van der Waals surface area (Å²) in [4.78, 5) is 9.05. The summed E-state index contributed by atoms with van der Waals surface area (Å²) in [5.41, 5.74) is 2.18. The van der Waals surface area contributed by atoms with Crippen LogP contribution in [0.4, 0.5) is 0 Å². The number of hydrogen-bond acceptors (Lipinski definition) is 3. The largest absolute Gasteiger partial charge is 0.478 e. The predicted molar refractivity (Wildman–Crippen MR) is 67.1 cm³/mol. The molecule has 1 heterocycles. The number of halogens is 1. The molecule has 0 aliphatic heterocycles. The third-order valence-electron chi connectivity index (χ3n) is 2.95. The smallest absolute Gasteiger partial charge is 0.219 e. The molecule has 88 valence electrons. The van der Waals surface area contributed by atoms with E-state index in [-0.39, 0.29) is 0 Å². The molecule has 1 fully saturated rings. The van der Waals surface area contributed by atoms with Gasteiger partial charge in [-0.1, -0.05) is 15.9 Å². The molecule has 16 heavy (non-hydrogen) atoms. The summed E-state index contributed by atoms with van der Waals surface area (Å²) in [6.45, 7) is 4.66. The lowest BCUT2D eigenvalue weighted by atomic mass is 10.1. The highest BCUT2D eigenvalue weighted by Crippen LogP contribution is 2.38. The molecule has 0 amide bonds. The fourth-order valence-corrected chi connectivity index (χ4v) is 2.60. The molecule has 2 rings (SSSR count). The lowest BCUT2D eigenvalue weighted by Gasteiger charge is -2.12. The molecular formula is C12H17BrN2O. The van der Waals surface area contributed by atoms with Crippen LogP contribution in [0.25, 0.3) is 0 Å². The maximum absolute atomic E-state index is 5.47. The van der Waals surface area contributed by atoms with E-state index in [9.17, 15) is 0 Å². The number of alkyl halides is 1. The van der Waals surface area contributed by atoms with Gasteiger partial charge in [0.25, 0.3) is 0 Å². The second-order valence-electron chi connectivity index (χ2n) is 4.24. The van der Waals surface area contributed by atoms with Crippen LogP contribution in [0.15, 0.2) is 6.33 Å². The van der Waals surface area contributed by atoms with E-state index >= 15 is 0 Å². The summed E-state index contributed by atoms with van der Waals surface area (Å²) in [7, 11) is 0. The molecule has 0 N–H and O–H groups in total. The van der Waals surface area contributed by atoms with Gasteiger partial charge in [-0.25, -0.2) is 9.97 Å². The maximum atomic E-state index is 5.47. The Hall–Kier alpha value is -0.640. The van der Waals surface area contributed by atoms with Crippen molar-refractivity contribution in [1.82, 2.24) is 9.97 Å². The van der Waals surface area contributed by atoms with Crippen molar-refractivity contribution in [3.8, 4) is 5.88 Å². The first-order valence-electron chi connectivity index (χ1n) is 5.79. The van der Waals surface area contributed by atoms with Crippen molar-refractivity contribution in [3.63, 3.8) is 0 Å². The van der Waals surface area contributed by atoms with Crippen LogP contribution in [-0.4, -0.2) is 21.4 Å². The average molecular weight is 285 g/mol. The van der Waals surface area contributed by atoms with E-state index in [4.69, 9.17) is 4.74 Å². The van der Waals surface area contributed by atoms with Crippen LogP contribution in [-0.2, 0) is 6.42 Å². The van der Waals surface area contributed by atoms with Crippen LogP contribution in [0.3, 0.4) is 0 Å². The Labute approximate surface area is 105 Å². The van der Waals surface area contributed by atoms with Gasteiger partial charge in [0.15, 0.2) is 0 Å². The Balaban J connectivity index is 2.10. The highest BCUT2D eigenvalue weighted by Gasteiger charge is 2.30. The molecule has 0 bridgehead atoms. The van der Waals surface area contributed by atoms with Crippen molar-refractivity contribution in [2.45, 2.75) is 37.9 Å². The summed E-state index contributed by atoms with van der Waals surface area (Å²) in [5, 5.41) is 0. The molecule has 1 aromatic heterocycles. The number of aromatic nitrogens is 2. The molecule has 1 unspecified atom stereocenters. The van der Waals surface area contributed by atoms with E-state index in [2.05, 4.69) is 25.9 Å². The van der Waals surface area contributed by atoms with Gasteiger partial charge in [0, 0.05) is 16.8 Å². The van der Waals surface area contributed by atoms with Crippen LogP contribution in [0, 0.1) is 12.8 Å². The summed E-state index contributed by atoms with van der Waals surface area (Å²) in [6.07, 6.45) is 5.26. The molecule has 1 atom stereocenters. The Kier molecular flexibility index (Phi) is 3.79. The Morgan fingerprint density at radius 3 is 2.88 bits per heavy atom. The monoisotopic (exact) mass is 284 g/mol. The van der Waals surface area contributed by atoms with Crippen molar-refractivity contribution in [1.29, 1.82) is 0 Å². The van der Waals surface area contributed by atoms with E-state index in [1.165, 1.54) is 12.8 Å². The normalized spacial score (nSPS) is 17.2. The second-order valence-corrected chi connectivity index (χ2v) is 5.42. The highest BCUT2D eigenvalue weighted by molar-refractivity contribution is 9.09. The SMILES string of the molecule is CCOc1ncnc(CC(Br)C2CC2)c1C. The third-order valence-corrected chi connectivity index (χ3v) is 4.02. The van der Waals surface area contributed by atoms with Crippen LogP contribution >= 0.6 is 15.9 Å². The molecule has 1 saturated carbocycles. The molecule has 1 aliphatic rings. The van der Waals surface area contributed by atoms with Gasteiger partial charge in [-0.15, -0.1) is 0 Å². The zero-order valence-electron chi connectivity index (χ0n) is 9.74. The van der Waals surface area contributed by atoms with Crippen LogP contribution in [0.5, 0.6) is 5.88 Å². The first-order valence-corrected chi connectivity index (χ1v) is 6.71. The van der Waals surface area contributed by atoms with E-state index < -0.39 is 0 Å². The molecule has 4 heteroatoms. The minimum Gasteiger partial charge on any atom is -0.478 e. The van der Waals surface area contributed by atoms with E-state index in [0.717, 1.165) is 29.5 Å². The minimum absolute atomic E-state index is 0.551. The first-order chi connectivity index (χ1) is 7.72. The highest BCUT2D eigenvalue weighted by atomic mass is 79.9. The van der Waals surface area contributed by atoms with Gasteiger partial charge >= 0.3 is 0 Å². The fraction of sp³-hybridized carbons (Fsp3) is 0.667. The van der Waals surface area contributed by atoms with Crippen molar-refractivity contribution < 1.29 is 4.74 Å². The quantitative estimate of drug-likeness (QED) is 0.780.